The third kappa shape index (κ3) is 2.72. The Morgan fingerprint density at radius 1 is 1.05 bits per heavy atom. The molecule has 0 spiro atoms. The van der Waals surface area contributed by atoms with Gasteiger partial charge in [0, 0.05) is 16.5 Å². The van der Waals surface area contributed by atoms with Crippen LogP contribution in [0.1, 0.15) is 16.5 Å². The molecule has 1 heterocycles. The van der Waals surface area contributed by atoms with Crippen molar-refractivity contribution in [3.05, 3.63) is 40.1 Å². The predicted molar refractivity (Wildman–Crippen MR) is 79.6 cm³/mol. The largest absolute Gasteiger partial charge is 0.496 e. The SMILES string of the molecule is COc1cc(OC)c(C(NN)c2cccs2)cc1OC. The zero-order chi connectivity index (χ0) is 14.5. The molecule has 6 heteroatoms. The standard InChI is InChI=1S/C14H18N2O3S/c1-17-10-8-12(19-3)11(18-2)7-9(10)14(16-15)13-5-4-6-20-13/h4-8,14,16H,15H2,1-3H3. The summed E-state index contributed by atoms with van der Waals surface area (Å²) in [6.45, 7) is 0. The molecular formula is C14H18N2O3S. The smallest absolute Gasteiger partial charge is 0.164 e. The summed E-state index contributed by atoms with van der Waals surface area (Å²) in [5.74, 6) is 7.66. The van der Waals surface area contributed by atoms with E-state index in [1.54, 1.807) is 38.7 Å². The predicted octanol–water partition coefficient (Wildman–Crippen LogP) is 2.33. The van der Waals surface area contributed by atoms with Crippen molar-refractivity contribution in [3.63, 3.8) is 0 Å². The molecule has 0 aliphatic heterocycles. The van der Waals surface area contributed by atoms with Gasteiger partial charge in [-0.25, -0.2) is 5.43 Å². The first kappa shape index (κ1) is 14.6. The summed E-state index contributed by atoms with van der Waals surface area (Å²) in [5, 5.41) is 2.01. The Morgan fingerprint density at radius 3 is 2.20 bits per heavy atom. The van der Waals surface area contributed by atoms with Gasteiger partial charge in [0.05, 0.1) is 27.4 Å². The van der Waals surface area contributed by atoms with Gasteiger partial charge >= 0.3 is 0 Å². The normalized spacial score (nSPS) is 12.0. The molecule has 0 amide bonds. The van der Waals surface area contributed by atoms with Crippen LogP contribution >= 0.6 is 11.3 Å². The summed E-state index contributed by atoms with van der Waals surface area (Å²) < 4.78 is 16.1. The second-order valence-electron chi connectivity index (χ2n) is 4.06. The van der Waals surface area contributed by atoms with E-state index in [-0.39, 0.29) is 6.04 Å². The maximum absolute atomic E-state index is 5.71. The first-order chi connectivity index (χ1) is 9.74. The second kappa shape index (κ2) is 6.60. The van der Waals surface area contributed by atoms with Crippen molar-refractivity contribution in [2.45, 2.75) is 6.04 Å². The molecule has 0 aliphatic carbocycles. The minimum Gasteiger partial charge on any atom is -0.496 e. The van der Waals surface area contributed by atoms with Crippen LogP contribution in [-0.2, 0) is 0 Å². The zero-order valence-electron chi connectivity index (χ0n) is 11.7. The van der Waals surface area contributed by atoms with Crippen molar-refractivity contribution in [3.8, 4) is 17.2 Å². The van der Waals surface area contributed by atoms with Crippen LogP contribution < -0.4 is 25.5 Å². The molecule has 108 valence electrons. The first-order valence-electron chi connectivity index (χ1n) is 6.04. The van der Waals surface area contributed by atoms with E-state index in [1.807, 2.05) is 23.6 Å². The van der Waals surface area contributed by atoms with Crippen LogP contribution in [0.3, 0.4) is 0 Å². The van der Waals surface area contributed by atoms with Gasteiger partial charge in [-0.05, 0) is 17.5 Å². The number of nitrogens with one attached hydrogen (secondary N) is 1. The third-order valence-corrected chi connectivity index (χ3v) is 3.98. The molecule has 3 N–H and O–H groups in total. The van der Waals surface area contributed by atoms with Crippen LogP contribution in [0.5, 0.6) is 17.2 Å². The van der Waals surface area contributed by atoms with Gasteiger partial charge < -0.3 is 14.2 Å². The van der Waals surface area contributed by atoms with E-state index in [2.05, 4.69) is 5.43 Å². The number of rotatable bonds is 6. The Labute approximate surface area is 122 Å². The maximum Gasteiger partial charge on any atom is 0.164 e. The van der Waals surface area contributed by atoms with E-state index in [0.29, 0.717) is 17.2 Å². The van der Waals surface area contributed by atoms with Gasteiger partial charge in [0.2, 0.25) is 0 Å². The Bertz CT molecular complexity index is 558. The molecular weight excluding hydrogens is 276 g/mol. The lowest BCUT2D eigenvalue weighted by atomic mass is 10.0. The Kier molecular flexibility index (Phi) is 4.84. The molecule has 2 rings (SSSR count). The molecule has 0 aliphatic rings. The van der Waals surface area contributed by atoms with Crippen LogP contribution in [0.15, 0.2) is 29.6 Å². The molecule has 0 saturated carbocycles. The Hall–Kier alpha value is -1.76. The second-order valence-corrected chi connectivity index (χ2v) is 5.04. The summed E-state index contributed by atoms with van der Waals surface area (Å²) in [5.41, 5.74) is 3.72. The fraction of sp³-hybridized carbons (Fsp3) is 0.286. The van der Waals surface area contributed by atoms with E-state index in [4.69, 9.17) is 20.1 Å². The number of ether oxygens (including phenoxy) is 3. The number of hydrazine groups is 1. The van der Waals surface area contributed by atoms with E-state index in [0.717, 1.165) is 10.4 Å². The molecule has 1 aromatic carbocycles. The summed E-state index contributed by atoms with van der Waals surface area (Å²) in [7, 11) is 4.81. The van der Waals surface area contributed by atoms with E-state index in [1.165, 1.54) is 0 Å². The van der Waals surface area contributed by atoms with Crippen molar-refractivity contribution in [2.75, 3.05) is 21.3 Å². The third-order valence-electron chi connectivity index (χ3n) is 3.04. The van der Waals surface area contributed by atoms with Crippen molar-refractivity contribution in [2.24, 2.45) is 5.84 Å². The van der Waals surface area contributed by atoms with Gasteiger partial charge in [0.15, 0.2) is 11.5 Å². The highest BCUT2D eigenvalue weighted by molar-refractivity contribution is 7.10. The lowest BCUT2D eigenvalue weighted by Crippen LogP contribution is -2.28. The number of thiophene rings is 1. The molecule has 0 saturated heterocycles. The molecule has 0 bridgehead atoms. The molecule has 1 aromatic heterocycles. The molecule has 0 fully saturated rings. The van der Waals surface area contributed by atoms with Gasteiger partial charge in [-0.1, -0.05) is 6.07 Å². The van der Waals surface area contributed by atoms with Gasteiger partial charge in [-0.3, -0.25) is 5.84 Å². The Morgan fingerprint density at radius 2 is 1.70 bits per heavy atom. The van der Waals surface area contributed by atoms with Gasteiger partial charge in [-0.15, -0.1) is 11.3 Å². The summed E-state index contributed by atoms with van der Waals surface area (Å²) in [6.07, 6.45) is 0. The van der Waals surface area contributed by atoms with Crippen molar-refractivity contribution >= 4 is 11.3 Å². The molecule has 20 heavy (non-hydrogen) atoms. The average Bonchev–Trinajstić information content (AvgIpc) is 3.01. The highest BCUT2D eigenvalue weighted by Crippen LogP contribution is 2.39. The van der Waals surface area contributed by atoms with Crippen molar-refractivity contribution < 1.29 is 14.2 Å². The maximum atomic E-state index is 5.71. The Balaban J connectivity index is 2.53. The number of hydrogen-bond donors (Lipinski definition) is 2. The molecule has 0 radical (unpaired) electrons. The number of nitrogens with two attached hydrogens (primary N) is 1. The van der Waals surface area contributed by atoms with E-state index in [9.17, 15) is 0 Å². The monoisotopic (exact) mass is 294 g/mol. The molecule has 2 aromatic rings. The summed E-state index contributed by atoms with van der Waals surface area (Å²) >= 11 is 1.62. The van der Waals surface area contributed by atoms with Crippen LogP contribution in [0.4, 0.5) is 0 Å². The van der Waals surface area contributed by atoms with Gasteiger partial charge in [0.1, 0.15) is 5.75 Å². The number of benzene rings is 1. The topological polar surface area (TPSA) is 65.7 Å². The van der Waals surface area contributed by atoms with Crippen molar-refractivity contribution in [1.29, 1.82) is 0 Å². The van der Waals surface area contributed by atoms with Crippen LogP contribution in [-0.4, -0.2) is 21.3 Å². The molecule has 1 atom stereocenters. The fourth-order valence-electron chi connectivity index (χ4n) is 2.06. The van der Waals surface area contributed by atoms with Gasteiger partial charge in [-0.2, -0.15) is 0 Å². The molecule has 1 unspecified atom stereocenters. The van der Waals surface area contributed by atoms with E-state index < -0.39 is 0 Å². The fourth-order valence-corrected chi connectivity index (χ4v) is 2.86. The highest BCUT2D eigenvalue weighted by Gasteiger charge is 2.21. The molecule has 5 nitrogen and oxygen atoms in total. The zero-order valence-corrected chi connectivity index (χ0v) is 12.5. The van der Waals surface area contributed by atoms with Crippen LogP contribution in [0, 0.1) is 0 Å². The van der Waals surface area contributed by atoms with Crippen LogP contribution in [0.25, 0.3) is 0 Å². The minimum atomic E-state index is -0.162. The summed E-state index contributed by atoms with van der Waals surface area (Å²) in [6, 6.07) is 7.52. The number of hydrogen-bond acceptors (Lipinski definition) is 6. The van der Waals surface area contributed by atoms with Crippen molar-refractivity contribution in [1.82, 2.24) is 5.43 Å². The van der Waals surface area contributed by atoms with Gasteiger partial charge in [0.25, 0.3) is 0 Å². The first-order valence-corrected chi connectivity index (χ1v) is 6.92. The average molecular weight is 294 g/mol. The van der Waals surface area contributed by atoms with E-state index >= 15 is 0 Å². The lowest BCUT2D eigenvalue weighted by molar-refractivity contribution is 0.346. The minimum absolute atomic E-state index is 0.162. The lowest BCUT2D eigenvalue weighted by Gasteiger charge is -2.20. The highest BCUT2D eigenvalue weighted by atomic mass is 32.1. The number of methoxy groups -OCH3 is 3. The quantitative estimate of drug-likeness (QED) is 0.632. The summed E-state index contributed by atoms with van der Waals surface area (Å²) in [4.78, 5) is 1.10. The van der Waals surface area contributed by atoms with Crippen LogP contribution in [0.2, 0.25) is 0 Å².